The van der Waals surface area contributed by atoms with Crippen LogP contribution >= 0.6 is 0 Å². The third kappa shape index (κ3) is 6.03. The fourth-order valence-corrected chi connectivity index (χ4v) is 2.91. The van der Waals surface area contributed by atoms with Gasteiger partial charge in [0, 0.05) is 12.1 Å². The van der Waals surface area contributed by atoms with Crippen molar-refractivity contribution in [3.8, 4) is 5.75 Å². The Kier molecular flexibility index (Phi) is 6.83. The van der Waals surface area contributed by atoms with Gasteiger partial charge < -0.3 is 10.1 Å². The molecule has 6 nitrogen and oxygen atoms in total. The Morgan fingerprint density at radius 2 is 1.77 bits per heavy atom. The molecule has 0 spiro atoms. The summed E-state index contributed by atoms with van der Waals surface area (Å²) in [5.41, 5.74) is 0. The van der Waals surface area contributed by atoms with Crippen LogP contribution in [0.4, 0.5) is 0 Å². The number of carbonyl (C=O) groups excluding carboxylic acids is 1. The van der Waals surface area contributed by atoms with Crippen LogP contribution in [0.2, 0.25) is 0 Å². The summed E-state index contributed by atoms with van der Waals surface area (Å²) >= 11 is 0. The number of nitrogens with one attached hydrogen (secondary N) is 2. The molecule has 1 aromatic rings. The van der Waals surface area contributed by atoms with Crippen molar-refractivity contribution >= 4 is 15.9 Å². The Bertz CT molecular complexity index is 582. The average Bonchev–Trinajstić information content (AvgIpc) is 2.44. The Balaban J connectivity index is 2.61. The van der Waals surface area contributed by atoms with Crippen molar-refractivity contribution in [2.45, 2.75) is 51.1 Å². The fraction of sp³-hybridized carbons (Fsp3) is 0.533. The Morgan fingerprint density at radius 3 is 2.27 bits per heavy atom. The van der Waals surface area contributed by atoms with E-state index in [9.17, 15) is 13.2 Å². The second-order valence-corrected chi connectivity index (χ2v) is 7.13. The lowest BCUT2D eigenvalue weighted by Crippen LogP contribution is -2.35. The molecule has 124 valence electrons. The number of hydrogen-bond donors (Lipinski definition) is 2. The highest BCUT2D eigenvalue weighted by atomic mass is 32.2. The lowest BCUT2D eigenvalue weighted by atomic mass is 10.2. The summed E-state index contributed by atoms with van der Waals surface area (Å²) < 4.78 is 31.8. The number of benzene rings is 1. The zero-order valence-electron chi connectivity index (χ0n) is 13.4. The van der Waals surface area contributed by atoms with Crippen molar-refractivity contribution in [3.63, 3.8) is 0 Å². The van der Waals surface area contributed by atoms with Gasteiger partial charge in [-0.25, -0.2) is 13.1 Å². The second-order valence-electron chi connectivity index (χ2n) is 5.41. The van der Waals surface area contributed by atoms with E-state index in [1.165, 1.54) is 24.3 Å². The van der Waals surface area contributed by atoms with E-state index in [1.807, 2.05) is 13.8 Å². The van der Waals surface area contributed by atoms with Gasteiger partial charge in [0.15, 0.2) is 6.61 Å². The molecule has 0 aliphatic heterocycles. The first-order valence-corrected chi connectivity index (χ1v) is 8.77. The van der Waals surface area contributed by atoms with E-state index in [1.54, 1.807) is 13.8 Å². The molecule has 0 heterocycles. The monoisotopic (exact) mass is 328 g/mol. The highest BCUT2D eigenvalue weighted by molar-refractivity contribution is 7.89. The first-order valence-electron chi connectivity index (χ1n) is 7.29. The SMILES string of the molecule is CC[C@H](C)NC(=O)COc1ccc(S(=O)(=O)NC(C)C)cc1. The molecule has 0 aliphatic carbocycles. The molecule has 0 fully saturated rings. The zero-order valence-corrected chi connectivity index (χ0v) is 14.2. The summed E-state index contributed by atoms with van der Waals surface area (Å²) in [6.07, 6.45) is 0.848. The molecule has 0 saturated carbocycles. The van der Waals surface area contributed by atoms with Crippen molar-refractivity contribution < 1.29 is 17.9 Å². The van der Waals surface area contributed by atoms with E-state index in [0.717, 1.165) is 6.42 Å². The Hall–Kier alpha value is -1.60. The number of ether oxygens (including phenoxy) is 1. The quantitative estimate of drug-likeness (QED) is 0.760. The lowest BCUT2D eigenvalue weighted by Gasteiger charge is -2.12. The molecule has 0 aliphatic rings. The molecule has 0 unspecified atom stereocenters. The third-order valence-electron chi connectivity index (χ3n) is 2.91. The molecule has 1 rings (SSSR count). The minimum absolute atomic E-state index is 0.0965. The normalized spacial score (nSPS) is 13.0. The average molecular weight is 328 g/mol. The van der Waals surface area contributed by atoms with Gasteiger partial charge in [0.2, 0.25) is 10.0 Å². The van der Waals surface area contributed by atoms with Gasteiger partial charge in [-0.15, -0.1) is 0 Å². The molecule has 0 bridgehead atoms. The lowest BCUT2D eigenvalue weighted by molar-refractivity contribution is -0.123. The van der Waals surface area contributed by atoms with Gasteiger partial charge in [0.1, 0.15) is 5.75 Å². The summed E-state index contributed by atoms with van der Waals surface area (Å²) in [5.74, 6) is 0.246. The summed E-state index contributed by atoms with van der Waals surface area (Å²) in [7, 11) is -3.51. The standard InChI is InChI=1S/C15H24N2O4S/c1-5-12(4)16-15(18)10-21-13-6-8-14(9-7-13)22(19,20)17-11(2)3/h6-9,11-12,17H,5,10H2,1-4H3,(H,16,18)/t12-/m0/s1. The largest absolute Gasteiger partial charge is 0.484 e. The maximum atomic E-state index is 12.0. The Labute approximate surface area is 132 Å². The molecule has 2 N–H and O–H groups in total. The number of carbonyl (C=O) groups is 1. The van der Waals surface area contributed by atoms with Crippen LogP contribution in [0.3, 0.4) is 0 Å². The third-order valence-corrected chi connectivity index (χ3v) is 4.59. The van der Waals surface area contributed by atoms with Gasteiger partial charge in [0.05, 0.1) is 4.90 Å². The molecule has 7 heteroatoms. The molecular weight excluding hydrogens is 304 g/mol. The van der Waals surface area contributed by atoms with Gasteiger partial charge >= 0.3 is 0 Å². The Morgan fingerprint density at radius 1 is 1.18 bits per heavy atom. The summed E-state index contributed by atoms with van der Waals surface area (Å²) in [5, 5.41) is 2.79. The highest BCUT2D eigenvalue weighted by Gasteiger charge is 2.15. The van der Waals surface area contributed by atoms with Crippen molar-refractivity contribution in [1.29, 1.82) is 0 Å². The maximum absolute atomic E-state index is 12.0. The van der Waals surface area contributed by atoms with Gasteiger partial charge in [0.25, 0.3) is 5.91 Å². The summed E-state index contributed by atoms with van der Waals surface area (Å²) in [4.78, 5) is 11.8. The van der Waals surface area contributed by atoms with Crippen LogP contribution in [0.5, 0.6) is 5.75 Å². The number of rotatable bonds is 8. The predicted molar refractivity (Wildman–Crippen MR) is 85.3 cm³/mol. The molecule has 0 radical (unpaired) electrons. The van der Waals surface area contributed by atoms with Gasteiger partial charge in [-0.3, -0.25) is 4.79 Å². The number of hydrogen-bond acceptors (Lipinski definition) is 4. The van der Waals surface area contributed by atoms with Crippen LogP contribution in [0.1, 0.15) is 34.1 Å². The van der Waals surface area contributed by atoms with Crippen LogP contribution in [0.15, 0.2) is 29.2 Å². The van der Waals surface area contributed by atoms with Gasteiger partial charge in [-0.2, -0.15) is 0 Å². The summed E-state index contributed by atoms with van der Waals surface area (Å²) in [6, 6.07) is 5.90. The summed E-state index contributed by atoms with van der Waals surface area (Å²) in [6.45, 7) is 7.31. The van der Waals surface area contributed by atoms with E-state index in [4.69, 9.17) is 4.74 Å². The fourth-order valence-electron chi connectivity index (χ4n) is 1.66. The topological polar surface area (TPSA) is 84.5 Å². The van der Waals surface area contributed by atoms with E-state index in [2.05, 4.69) is 10.0 Å². The van der Waals surface area contributed by atoms with E-state index >= 15 is 0 Å². The van der Waals surface area contributed by atoms with Gasteiger partial charge in [-0.05, 0) is 51.5 Å². The van der Waals surface area contributed by atoms with Gasteiger partial charge in [-0.1, -0.05) is 6.92 Å². The second kappa shape index (κ2) is 8.14. The molecule has 0 aromatic heterocycles. The van der Waals surface area contributed by atoms with Crippen molar-refractivity contribution in [2.75, 3.05) is 6.61 Å². The van der Waals surface area contributed by atoms with Crippen LogP contribution in [0, 0.1) is 0 Å². The van der Waals surface area contributed by atoms with E-state index in [0.29, 0.717) is 5.75 Å². The van der Waals surface area contributed by atoms with Crippen molar-refractivity contribution in [2.24, 2.45) is 0 Å². The van der Waals surface area contributed by atoms with Crippen LogP contribution in [-0.4, -0.2) is 33.0 Å². The predicted octanol–water partition coefficient (Wildman–Crippen LogP) is 1.67. The van der Waals surface area contributed by atoms with E-state index in [-0.39, 0.29) is 29.5 Å². The smallest absolute Gasteiger partial charge is 0.258 e. The molecule has 22 heavy (non-hydrogen) atoms. The first kappa shape index (κ1) is 18.4. The van der Waals surface area contributed by atoms with Crippen LogP contribution in [-0.2, 0) is 14.8 Å². The zero-order chi connectivity index (χ0) is 16.8. The number of amides is 1. The molecule has 1 amide bonds. The van der Waals surface area contributed by atoms with Crippen molar-refractivity contribution in [3.05, 3.63) is 24.3 Å². The molecule has 0 saturated heterocycles. The first-order chi connectivity index (χ1) is 10.2. The minimum Gasteiger partial charge on any atom is -0.484 e. The van der Waals surface area contributed by atoms with Crippen LogP contribution < -0.4 is 14.8 Å². The molecule has 1 atom stereocenters. The molecular formula is C15H24N2O4S. The van der Waals surface area contributed by atoms with Crippen LogP contribution in [0.25, 0.3) is 0 Å². The molecule has 1 aromatic carbocycles. The maximum Gasteiger partial charge on any atom is 0.258 e. The number of sulfonamides is 1. The minimum atomic E-state index is -3.51. The highest BCUT2D eigenvalue weighted by Crippen LogP contribution is 2.16. The van der Waals surface area contributed by atoms with E-state index < -0.39 is 10.0 Å². The van der Waals surface area contributed by atoms with Crippen molar-refractivity contribution in [1.82, 2.24) is 10.0 Å².